The van der Waals surface area contributed by atoms with E-state index in [0.717, 1.165) is 35.1 Å². The molecular formula is C21H18N4O. The highest BCUT2D eigenvalue weighted by atomic mass is 16.5. The number of aryl methyl sites for hydroxylation is 2. The number of rotatable bonds is 3. The lowest BCUT2D eigenvalue weighted by atomic mass is 10.1. The van der Waals surface area contributed by atoms with Gasteiger partial charge in [0.2, 0.25) is 11.7 Å². The van der Waals surface area contributed by atoms with Gasteiger partial charge in [0.15, 0.2) is 0 Å². The van der Waals surface area contributed by atoms with Gasteiger partial charge in [-0.25, -0.2) is 4.98 Å². The van der Waals surface area contributed by atoms with Crippen molar-refractivity contribution >= 4 is 16.7 Å². The summed E-state index contributed by atoms with van der Waals surface area (Å²) in [6, 6.07) is 19.1. The van der Waals surface area contributed by atoms with Gasteiger partial charge in [0.1, 0.15) is 5.82 Å². The Hall–Kier alpha value is -3.21. The van der Waals surface area contributed by atoms with E-state index in [-0.39, 0.29) is 0 Å². The third-order valence-electron chi connectivity index (χ3n) is 4.93. The lowest BCUT2D eigenvalue weighted by Gasteiger charge is -2.15. The zero-order valence-electron chi connectivity index (χ0n) is 14.4. The maximum absolute atomic E-state index is 5.07. The molecule has 0 fully saturated rings. The van der Waals surface area contributed by atoms with Crippen LogP contribution in [0.5, 0.6) is 0 Å². The minimum atomic E-state index is 0.331. The smallest absolute Gasteiger partial charge is 0.223 e. The molecule has 1 aliphatic carbocycles. The van der Waals surface area contributed by atoms with Crippen LogP contribution in [0.2, 0.25) is 0 Å². The lowest BCUT2D eigenvalue weighted by Crippen LogP contribution is -2.08. The molecular weight excluding hydrogens is 324 g/mol. The summed E-state index contributed by atoms with van der Waals surface area (Å²) in [5.41, 5.74) is 4.70. The van der Waals surface area contributed by atoms with Gasteiger partial charge in [0.05, 0.1) is 11.6 Å². The number of fused-ring (bicyclic) bond motifs is 2. The van der Waals surface area contributed by atoms with Crippen molar-refractivity contribution in [2.75, 3.05) is 5.32 Å². The predicted octanol–water partition coefficient (Wildman–Crippen LogP) is 4.69. The summed E-state index contributed by atoms with van der Waals surface area (Å²) in [5, 5.41) is 8.63. The van der Waals surface area contributed by atoms with Crippen molar-refractivity contribution in [3.63, 3.8) is 0 Å². The zero-order valence-corrected chi connectivity index (χ0v) is 14.4. The summed E-state index contributed by atoms with van der Waals surface area (Å²) < 4.78 is 5.07. The summed E-state index contributed by atoms with van der Waals surface area (Å²) in [6.07, 6.45) is 2.23. The highest BCUT2D eigenvalue weighted by molar-refractivity contribution is 5.84. The Balaban J connectivity index is 1.44. The second kappa shape index (κ2) is 5.95. The van der Waals surface area contributed by atoms with E-state index < -0.39 is 0 Å². The Bertz CT molecular complexity index is 1100. The highest BCUT2D eigenvalue weighted by Gasteiger charge is 2.21. The summed E-state index contributed by atoms with van der Waals surface area (Å²) >= 11 is 0. The number of hydrogen-bond donors (Lipinski definition) is 1. The third kappa shape index (κ3) is 2.62. The monoisotopic (exact) mass is 342 g/mol. The van der Waals surface area contributed by atoms with Gasteiger partial charge in [-0.1, -0.05) is 29.4 Å². The average Bonchev–Trinajstić information content (AvgIpc) is 3.28. The summed E-state index contributed by atoms with van der Waals surface area (Å²) in [5.74, 6) is 2.08. The van der Waals surface area contributed by atoms with Crippen LogP contribution in [0.4, 0.5) is 5.82 Å². The molecule has 1 atom stereocenters. The summed E-state index contributed by atoms with van der Waals surface area (Å²) in [6.45, 7) is 1.79. The fraction of sp³-hybridized carbons (Fsp3) is 0.190. The molecule has 0 spiro atoms. The van der Waals surface area contributed by atoms with Gasteiger partial charge in [-0.15, -0.1) is 0 Å². The van der Waals surface area contributed by atoms with Crippen molar-refractivity contribution in [1.82, 2.24) is 15.1 Å². The van der Waals surface area contributed by atoms with Crippen LogP contribution >= 0.6 is 0 Å². The van der Waals surface area contributed by atoms with Crippen molar-refractivity contribution in [2.45, 2.75) is 25.8 Å². The number of anilines is 1. The van der Waals surface area contributed by atoms with E-state index in [4.69, 9.17) is 9.51 Å². The normalized spacial score (nSPS) is 16.0. The molecule has 0 aliphatic heterocycles. The van der Waals surface area contributed by atoms with Crippen molar-refractivity contribution in [3.8, 4) is 11.4 Å². The third-order valence-corrected chi connectivity index (χ3v) is 4.93. The fourth-order valence-corrected chi connectivity index (χ4v) is 3.65. The number of nitrogens with zero attached hydrogens (tertiary/aromatic N) is 3. The Labute approximate surface area is 151 Å². The molecule has 26 heavy (non-hydrogen) atoms. The maximum atomic E-state index is 5.07. The molecule has 5 heteroatoms. The molecule has 1 N–H and O–H groups in total. The van der Waals surface area contributed by atoms with Crippen LogP contribution in [-0.2, 0) is 6.42 Å². The Morgan fingerprint density at radius 3 is 2.85 bits per heavy atom. The van der Waals surface area contributed by atoms with Gasteiger partial charge in [-0.3, -0.25) is 0 Å². The van der Waals surface area contributed by atoms with E-state index >= 15 is 0 Å². The van der Waals surface area contributed by atoms with E-state index in [1.165, 1.54) is 11.1 Å². The Morgan fingerprint density at radius 2 is 1.96 bits per heavy atom. The number of benzene rings is 2. The molecule has 1 unspecified atom stereocenters. The molecule has 2 heterocycles. The Kier molecular flexibility index (Phi) is 3.45. The van der Waals surface area contributed by atoms with E-state index in [1.54, 1.807) is 6.92 Å². The number of nitrogens with one attached hydrogen (secondary N) is 1. The van der Waals surface area contributed by atoms with Crippen LogP contribution in [0.25, 0.3) is 22.3 Å². The van der Waals surface area contributed by atoms with Crippen LogP contribution in [-0.4, -0.2) is 15.1 Å². The molecule has 1 aliphatic rings. The van der Waals surface area contributed by atoms with Gasteiger partial charge in [0, 0.05) is 17.9 Å². The van der Waals surface area contributed by atoms with Gasteiger partial charge in [0.25, 0.3) is 0 Å². The predicted molar refractivity (Wildman–Crippen MR) is 101 cm³/mol. The van der Waals surface area contributed by atoms with E-state index in [1.807, 2.05) is 24.3 Å². The number of pyridine rings is 1. The van der Waals surface area contributed by atoms with Gasteiger partial charge >= 0.3 is 0 Å². The van der Waals surface area contributed by atoms with Gasteiger partial charge < -0.3 is 9.84 Å². The van der Waals surface area contributed by atoms with Gasteiger partial charge in [-0.05, 0) is 54.3 Å². The van der Waals surface area contributed by atoms with Crippen LogP contribution < -0.4 is 5.32 Å². The molecule has 0 saturated heterocycles. The summed E-state index contributed by atoms with van der Waals surface area (Å²) in [4.78, 5) is 9.06. The fourth-order valence-electron chi connectivity index (χ4n) is 3.65. The largest absolute Gasteiger partial charge is 0.363 e. The second-order valence-corrected chi connectivity index (χ2v) is 6.68. The molecule has 0 radical (unpaired) electrons. The van der Waals surface area contributed by atoms with E-state index in [2.05, 4.69) is 45.8 Å². The second-order valence-electron chi connectivity index (χ2n) is 6.68. The van der Waals surface area contributed by atoms with Crippen LogP contribution in [0.1, 0.15) is 29.5 Å². The van der Waals surface area contributed by atoms with Crippen molar-refractivity contribution in [3.05, 3.63) is 71.6 Å². The van der Waals surface area contributed by atoms with Crippen molar-refractivity contribution < 1.29 is 4.52 Å². The standard InChI is InChI=1S/C21H18N4O/c1-13-22-21(25-26-13)16-7-9-18-15(12-16)8-11-20(23-18)24-19-10-6-14-4-2-3-5-17(14)19/h2-5,7-9,11-12,19H,6,10H2,1H3,(H,23,24). The zero-order chi connectivity index (χ0) is 17.5. The van der Waals surface area contributed by atoms with Crippen LogP contribution in [0.3, 0.4) is 0 Å². The molecule has 0 bridgehead atoms. The topological polar surface area (TPSA) is 63.8 Å². The molecule has 4 aromatic rings. The van der Waals surface area contributed by atoms with Gasteiger partial charge in [-0.2, -0.15) is 4.98 Å². The lowest BCUT2D eigenvalue weighted by molar-refractivity contribution is 0.394. The van der Waals surface area contributed by atoms with Crippen LogP contribution in [0, 0.1) is 6.92 Å². The minimum absolute atomic E-state index is 0.331. The molecule has 2 aromatic carbocycles. The van der Waals surface area contributed by atoms with Crippen LogP contribution in [0.15, 0.2) is 59.1 Å². The summed E-state index contributed by atoms with van der Waals surface area (Å²) in [7, 11) is 0. The molecule has 0 saturated carbocycles. The van der Waals surface area contributed by atoms with E-state index in [9.17, 15) is 0 Å². The van der Waals surface area contributed by atoms with Crippen molar-refractivity contribution in [1.29, 1.82) is 0 Å². The van der Waals surface area contributed by atoms with E-state index in [0.29, 0.717) is 17.8 Å². The first kappa shape index (κ1) is 15.1. The minimum Gasteiger partial charge on any atom is -0.363 e. The maximum Gasteiger partial charge on any atom is 0.223 e. The van der Waals surface area contributed by atoms with Crippen molar-refractivity contribution in [2.24, 2.45) is 0 Å². The first-order valence-corrected chi connectivity index (χ1v) is 8.82. The Morgan fingerprint density at radius 1 is 1.04 bits per heavy atom. The number of aromatic nitrogens is 3. The first-order valence-electron chi connectivity index (χ1n) is 8.82. The molecule has 2 aromatic heterocycles. The molecule has 5 rings (SSSR count). The highest BCUT2D eigenvalue weighted by Crippen LogP contribution is 2.33. The molecule has 0 amide bonds. The SMILES string of the molecule is Cc1nc(-c2ccc3nc(NC4CCc5ccccc54)ccc3c2)no1. The first-order chi connectivity index (χ1) is 12.8. The molecule has 128 valence electrons. The molecule has 5 nitrogen and oxygen atoms in total. The average molecular weight is 342 g/mol. The number of hydrogen-bond acceptors (Lipinski definition) is 5. The quantitative estimate of drug-likeness (QED) is 0.585.